The zero-order chi connectivity index (χ0) is 20.6. The second-order valence-electron chi connectivity index (χ2n) is 8.70. The van der Waals surface area contributed by atoms with Gasteiger partial charge in [-0.25, -0.2) is 9.36 Å². The van der Waals surface area contributed by atoms with Crippen LogP contribution in [0.3, 0.4) is 0 Å². The Morgan fingerprint density at radius 1 is 1.31 bits per heavy atom. The predicted molar refractivity (Wildman–Crippen MR) is 115 cm³/mol. The van der Waals surface area contributed by atoms with Crippen molar-refractivity contribution in [2.45, 2.75) is 57.9 Å². The van der Waals surface area contributed by atoms with Gasteiger partial charge >= 0.3 is 0 Å². The molecule has 1 N–H and O–H groups in total. The SMILES string of the molecule is CCOC(n1cc(-c2nn(C3CCCCO3)c3ccc(O)cc23)cn1)[Si](C)(C)C. The standard InChI is InChI=1S/C21H30N4O3Si/c1-5-27-21(29(2,3)4)24-14-15(13-22-24)20-17-12-16(26)9-10-18(17)25(23-20)19-8-6-7-11-28-19/h9-10,12-14,19,21,26H,5-8,11H2,1-4H3. The Morgan fingerprint density at radius 2 is 2.14 bits per heavy atom. The number of aromatic nitrogens is 4. The van der Waals surface area contributed by atoms with Crippen molar-refractivity contribution < 1.29 is 14.6 Å². The van der Waals surface area contributed by atoms with Crippen LogP contribution in [0.15, 0.2) is 30.6 Å². The average molecular weight is 415 g/mol. The number of phenols is 1. The van der Waals surface area contributed by atoms with Crippen molar-refractivity contribution in [3.63, 3.8) is 0 Å². The lowest BCUT2D eigenvalue weighted by Gasteiger charge is -2.28. The van der Waals surface area contributed by atoms with E-state index in [4.69, 9.17) is 14.6 Å². The molecule has 1 aliphatic heterocycles. The summed E-state index contributed by atoms with van der Waals surface area (Å²) in [5.41, 5.74) is 2.68. The summed E-state index contributed by atoms with van der Waals surface area (Å²) >= 11 is 0. The molecule has 29 heavy (non-hydrogen) atoms. The fourth-order valence-electron chi connectivity index (χ4n) is 3.95. The van der Waals surface area contributed by atoms with Gasteiger partial charge in [-0.1, -0.05) is 19.6 Å². The van der Waals surface area contributed by atoms with Crippen molar-refractivity contribution in [3.05, 3.63) is 30.6 Å². The molecule has 0 saturated carbocycles. The molecule has 0 aliphatic carbocycles. The summed E-state index contributed by atoms with van der Waals surface area (Å²) in [5.74, 6) is 0.189. The first kappa shape index (κ1) is 20.1. The molecule has 2 atom stereocenters. The largest absolute Gasteiger partial charge is 0.508 e. The van der Waals surface area contributed by atoms with Gasteiger partial charge in [0.05, 0.1) is 11.7 Å². The summed E-state index contributed by atoms with van der Waals surface area (Å²) in [4.78, 5) is 0. The van der Waals surface area contributed by atoms with Crippen molar-refractivity contribution in [2.24, 2.45) is 0 Å². The summed E-state index contributed by atoms with van der Waals surface area (Å²) in [5, 5.41) is 20.5. The monoisotopic (exact) mass is 414 g/mol. The summed E-state index contributed by atoms with van der Waals surface area (Å²) in [6.45, 7) is 10.2. The van der Waals surface area contributed by atoms with E-state index in [0.29, 0.717) is 6.61 Å². The van der Waals surface area contributed by atoms with E-state index in [1.54, 1.807) is 12.1 Å². The molecule has 0 radical (unpaired) electrons. The van der Waals surface area contributed by atoms with E-state index in [1.165, 1.54) is 0 Å². The highest BCUT2D eigenvalue weighted by atomic mass is 28.3. The third-order valence-corrected chi connectivity index (χ3v) is 7.21. The first-order valence-electron chi connectivity index (χ1n) is 10.4. The maximum Gasteiger partial charge on any atom is 0.150 e. The van der Waals surface area contributed by atoms with E-state index in [1.807, 2.05) is 34.7 Å². The second-order valence-corrected chi connectivity index (χ2v) is 13.9. The van der Waals surface area contributed by atoms with E-state index in [-0.39, 0.29) is 17.8 Å². The zero-order valence-electron chi connectivity index (χ0n) is 17.6. The molecule has 156 valence electrons. The molecule has 7 nitrogen and oxygen atoms in total. The molecular weight excluding hydrogens is 384 g/mol. The van der Waals surface area contributed by atoms with Crippen molar-refractivity contribution in [1.82, 2.24) is 19.6 Å². The maximum absolute atomic E-state index is 10.1. The summed E-state index contributed by atoms with van der Waals surface area (Å²) < 4.78 is 15.9. The lowest BCUT2D eigenvalue weighted by molar-refractivity contribution is -0.0365. The van der Waals surface area contributed by atoms with Crippen LogP contribution in [-0.4, -0.2) is 46.0 Å². The van der Waals surface area contributed by atoms with Gasteiger partial charge in [-0.05, 0) is 44.4 Å². The highest BCUT2D eigenvalue weighted by Gasteiger charge is 2.30. The number of aromatic hydroxyl groups is 1. The van der Waals surface area contributed by atoms with Crippen LogP contribution in [-0.2, 0) is 9.47 Å². The van der Waals surface area contributed by atoms with Gasteiger partial charge in [0.25, 0.3) is 0 Å². The molecule has 8 heteroatoms. The number of rotatable bonds is 6. The van der Waals surface area contributed by atoms with Gasteiger partial charge in [0.15, 0.2) is 6.23 Å². The van der Waals surface area contributed by atoms with Gasteiger partial charge in [-0.2, -0.15) is 10.2 Å². The number of hydrogen-bond donors (Lipinski definition) is 1. The van der Waals surface area contributed by atoms with Crippen LogP contribution in [0, 0.1) is 0 Å². The van der Waals surface area contributed by atoms with E-state index in [2.05, 4.69) is 24.7 Å². The first-order chi connectivity index (χ1) is 13.9. The molecule has 1 fully saturated rings. The molecule has 1 saturated heterocycles. The second kappa shape index (κ2) is 7.93. The Morgan fingerprint density at radius 3 is 2.83 bits per heavy atom. The van der Waals surface area contributed by atoms with Gasteiger partial charge in [0.2, 0.25) is 0 Å². The van der Waals surface area contributed by atoms with Crippen LogP contribution in [0.25, 0.3) is 22.2 Å². The molecule has 2 aromatic heterocycles. The number of phenolic OH excluding ortho intramolecular Hbond substituents is 1. The third-order valence-electron chi connectivity index (χ3n) is 5.30. The van der Waals surface area contributed by atoms with Gasteiger partial charge in [-0.3, -0.25) is 0 Å². The summed E-state index contributed by atoms with van der Waals surface area (Å²) in [6, 6.07) is 5.38. The maximum atomic E-state index is 10.1. The summed E-state index contributed by atoms with van der Waals surface area (Å²) in [6.07, 6.45) is 6.94. The van der Waals surface area contributed by atoms with Crippen LogP contribution in [0.2, 0.25) is 19.6 Å². The van der Waals surface area contributed by atoms with E-state index >= 15 is 0 Å². The quantitative estimate of drug-likeness (QED) is 0.591. The lowest BCUT2D eigenvalue weighted by atomic mass is 10.1. The number of hydrogen-bond acceptors (Lipinski definition) is 5. The highest BCUT2D eigenvalue weighted by molar-refractivity contribution is 6.76. The third kappa shape index (κ3) is 3.97. The minimum absolute atomic E-state index is 0.0373. The van der Waals surface area contributed by atoms with Gasteiger partial charge in [0, 0.05) is 30.4 Å². The molecule has 1 aliphatic rings. The highest BCUT2D eigenvalue weighted by Crippen LogP contribution is 2.35. The number of nitrogens with zero attached hydrogens (tertiary/aromatic N) is 4. The Kier molecular flexibility index (Phi) is 5.50. The normalized spacial score (nSPS) is 19.0. The predicted octanol–water partition coefficient (Wildman–Crippen LogP) is 4.72. The average Bonchev–Trinajstić information content (AvgIpc) is 3.30. The van der Waals surface area contributed by atoms with E-state index in [0.717, 1.165) is 48.0 Å². The van der Waals surface area contributed by atoms with Crippen LogP contribution in [0.1, 0.15) is 38.3 Å². The van der Waals surface area contributed by atoms with Crippen LogP contribution >= 0.6 is 0 Å². The molecule has 0 amide bonds. The Bertz CT molecular complexity index is 986. The fraction of sp³-hybridized carbons (Fsp3) is 0.524. The van der Waals surface area contributed by atoms with E-state index in [9.17, 15) is 5.11 Å². The molecule has 1 aromatic carbocycles. The van der Waals surface area contributed by atoms with Gasteiger partial charge in [0.1, 0.15) is 25.4 Å². The molecule has 3 aromatic rings. The molecule has 0 bridgehead atoms. The molecule has 2 unspecified atom stereocenters. The van der Waals surface area contributed by atoms with Crippen LogP contribution in [0.4, 0.5) is 0 Å². The minimum atomic E-state index is -1.63. The Balaban J connectivity index is 1.78. The molecular formula is C21H30N4O3Si. The number of ether oxygens (including phenoxy) is 2. The molecule has 3 heterocycles. The fourth-order valence-corrected chi connectivity index (χ4v) is 5.55. The van der Waals surface area contributed by atoms with Crippen molar-refractivity contribution >= 4 is 19.0 Å². The lowest BCUT2D eigenvalue weighted by Crippen LogP contribution is -2.37. The van der Waals surface area contributed by atoms with E-state index < -0.39 is 8.07 Å². The van der Waals surface area contributed by atoms with Gasteiger partial charge in [-0.15, -0.1) is 0 Å². The Hall–Kier alpha value is -2.16. The summed E-state index contributed by atoms with van der Waals surface area (Å²) in [7, 11) is -1.63. The van der Waals surface area contributed by atoms with Crippen molar-refractivity contribution in [2.75, 3.05) is 13.2 Å². The Labute approximate surface area is 172 Å². The number of fused-ring (bicyclic) bond motifs is 1. The smallest absolute Gasteiger partial charge is 0.150 e. The number of benzene rings is 1. The molecule has 0 spiro atoms. The topological polar surface area (TPSA) is 74.3 Å². The van der Waals surface area contributed by atoms with Gasteiger partial charge < -0.3 is 14.6 Å². The minimum Gasteiger partial charge on any atom is -0.508 e. The van der Waals surface area contributed by atoms with Crippen LogP contribution in [0.5, 0.6) is 5.75 Å². The van der Waals surface area contributed by atoms with Crippen LogP contribution < -0.4 is 0 Å². The van der Waals surface area contributed by atoms with Crippen molar-refractivity contribution in [1.29, 1.82) is 0 Å². The zero-order valence-corrected chi connectivity index (χ0v) is 18.6. The first-order valence-corrected chi connectivity index (χ1v) is 13.9. The molecule has 4 rings (SSSR count). The van der Waals surface area contributed by atoms with Crippen molar-refractivity contribution in [3.8, 4) is 17.0 Å².